The molecule has 0 fully saturated rings. The summed E-state index contributed by atoms with van der Waals surface area (Å²) >= 11 is 12.5. The van der Waals surface area contributed by atoms with Gasteiger partial charge in [0, 0.05) is 32.2 Å². The molecule has 0 aliphatic carbocycles. The second-order valence-corrected chi connectivity index (χ2v) is 9.30. The van der Waals surface area contributed by atoms with E-state index in [4.69, 9.17) is 27.9 Å². The number of para-hydroxylation sites is 1. The largest absolute Gasteiger partial charge is 0.465 e. The molecule has 5 aromatic rings. The van der Waals surface area contributed by atoms with Crippen molar-refractivity contribution in [3.05, 3.63) is 142 Å². The van der Waals surface area contributed by atoms with Gasteiger partial charge in [0.25, 0.3) is 0 Å². The number of benzene rings is 5. The first-order chi connectivity index (χ1) is 16.7. The predicted octanol–water partition coefficient (Wildman–Crippen LogP) is 8.83. The first-order valence-electron chi connectivity index (χ1n) is 11.2. The second kappa shape index (κ2) is 8.72. The summed E-state index contributed by atoms with van der Waals surface area (Å²) in [6.45, 7) is 0. The summed E-state index contributed by atoms with van der Waals surface area (Å²) < 4.78 is 6.87. The van der Waals surface area contributed by atoms with Crippen molar-refractivity contribution in [3.63, 3.8) is 0 Å². The minimum Gasteiger partial charge on any atom is -0.465 e. The zero-order chi connectivity index (χ0) is 23.1. The topological polar surface area (TPSA) is 12.5 Å². The van der Waals surface area contributed by atoms with Crippen LogP contribution in [0.15, 0.2) is 115 Å². The quantitative estimate of drug-likeness (QED) is 0.255. The smallest absolute Gasteiger partial charge is 0.199 e. The molecule has 0 saturated carbocycles. The van der Waals surface area contributed by atoms with E-state index in [1.807, 2.05) is 42.5 Å². The minimum absolute atomic E-state index is 0.0753. The molecule has 0 amide bonds. The number of hydrogen-bond donors (Lipinski definition) is 0. The van der Waals surface area contributed by atoms with Crippen LogP contribution in [0, 0.1) is 0 Å². The minimum atomic E-state index is -0.348. The Hall–Kier alpha value is -3.46. The number of anilines is 1. The fourth-order valence-corrected chi connectivity index (χ4v) is 5.04. The molecule has 0 spiro atoms. The molecular formula is C30H21Cl2NO. The van der Waals surface area contributed by atoms with Crippen LogP contribution in [-0.4, -0.2) is 0 Å². The molecule has 166 valence electrons. The van der Waals surface area contributed by atoms with Crippen molar-refractivity contribution < 1.29 is 4.74 Å². The van der Waals surface area contributed by atoms with E-state index in [1.165, 1.54) is 0 Å². The molecule has 1 aliphatic rings. The Morgan fingerprint density at radius 2 is 1.21 bits per heavy atom. The highest BCUT2D eigenvalue weighted by atomic mass is 35.5. The number of ether oxygens (including phenoxy) is 1. The monoisotopic (exact) mass is 481 g/mol. The Bertz CT molecular complexity index is 1450. The van der Waals surface area contributed by atoms with E-state index in [9.17, 15) is 0 Å². The molecule has 0 bridgehead atoms. The zero-order valence-corrected chi connectivity index (χ0v) is 19.7. The third kappa shape index (κ3) is 3.69. The molecule has 34 heavy (non-hydrogen) atoms. The molecule has 0 unspecified atom stereocenters. The van der Waals surface area contributed by atoms with E-state index in [1.54, 1.807) is 0 Å². The van der Waals surface area contributed by atoms with Gasteiger partial charge in [-0.1, -0.05) is 102 Å². The molecule has 1 aliphatic heterocycles. The van der Waals surface area contributed by atoms with Crippen molar-refractivity contribution in [1.29, 1.82) is 0 Å². The Morgan fingerprint density at radius 3 is 1.91 bits per heavy atom. The summed E-state index contributed by atoms with van der Waals surface area (Å²) in [5, 5.41) is 3.67. The van der Waals surface area contributed by atoms with Crippen LogP contribution in [0.5, 0.6) is 5.75 Å². The Morgan fingerprint density at radius 1 is 0.588 bits per heavy atom. The van der Waals surface area contributed by atoms with Gasteiger partial charge in [-0.3, -0.25) is 0 Å². The summed E-state index contributed by atoms with van der Waals surface area (Å²) in [6.07, 6.45) is -0.348. The van der Waals surface area contributed by atoms with E-state index in [-0.39, 0.29) is 12.3 Å². The SMILES string of the molecule is Clc1ccc([C@H]2c3ccc4ccccc4c3O[C@H](c3ccc(Cl)cc3)N2c2ccccc2)cc1. The summed E-state index contributed by atoms with van der Waals surface area (Å²) in [5.41, 5.74) is 4.37. The second-order valence-electron chi connectivity index (χ2n) is 8.42. The van der Waals surface area contributed by atoms with Crippen molar-refractivity contribution in [2.24, 2.45) is 0 Å². The van der Waals surface area contributed by atoms with E-state index >= 15 is 0 Å². The van der Waals surface area contributed by atoms with Gasteiger partial charge in [0.15, 0.2) is 6.23 Å². The van der Waals surface area contributed by atoms with Crippen molar-refractivity contribution in [3.8, 4) is 5.75 Å². The Balaban J connectivity index is 1.64. The van der Waals surface area contributed by atoms with Crippen molar-refractivity contribution in [2.75, 3.05) is 4.90 Å². The van der Waals surface area contributed by atoms with E-state index < -0.39 is 0 Å². The number of hydrogen-bond acceptors (Lipinski definition) is 2. The Kier molecular flexibility index (Phi) is 5.41. The molecule has 0 radical (unpaired) electrons. The molecule has 1 heterocycles. The molecule has 6 rings (SSSR count). The maximum Gasteiger partial charge on any atom is 0.199 e. The molecule has 0 N–H and O–H groups in total. The lowest BCUT2D eigenvalue weighted by Crippen LogP contribution is -2.40. The summed E-state index contributed by atoms with van der Waals surface area (Å²) in [6, 6.07) is 39.1. The van der Waals surface area contributed by atoms with Crippen molar-refractivity contribution in [1.82, 2.24) is 0 Å². The molecule has 0 saturated heterocycles. The van der Waals surface area contributed by atoms with Gasteiger partial charge in [-0.05, 0) is 47.3 Å². The van der Waals surface area contributed by atoms with Crippen LogP contribution in [-0.2, 0) is 0 Å². The van der Waals surface area contributed by atoms with Crippen LogP contribution in [0.3, 0.4) is 0 Å². The van der Waals surface area contributed by atoms with Crippen LogP contribution in [0.1, 0.15) is 29.0 Å². The first kappa shape index (κ1) is 21.1. The lowest BCUT2D eigenvalue weighted by molar-refractivity contribution is 0.172. The summed E-state index contributed by atoms with van der Waals surface area (Å²) in [4.78, 5) is 2.34. The maximum atomic E-state index is 6.87. The van der Waals surface area contributed by atoms with Crippen LogP contribution < -0.4 is 9.64 Å². The highest BCUT2D eigenvalue weighted by Crippen LogP contribution is 2.50. The lowest BCUT2D eigenvalue weighted by Gasteiger charge is -2.45. The molecule has 5 aromatic carbocycles. The van der Waals surface area contributed by atoms with Gasteiger partial charge < -0.3 is 9.64 Å². The fourth-order valence-electron chi connectivity index (χ4n) is 4.79. The van der Waals surface area contributed by atoms with Crippen molar-refractivity contribution >= 4 is 39.7 Å². The third-order valence-electron chi connectivity index (χ3n) is 6.36. The molecule has 0 aromatic heterocycles. The zero-order valence-electron chi connectivity index (χ0n) is 18.2. The molecular weight excluding hydrogens is 461 g/mol. The van der Waals surface area contributed by atoms with Crippen LogP contribution in [0.25, 0.3) is 10.8 Å². The van der Waals surface area contributed by atoms with Gasteiger partial charge in [-0.15, -0.1) is 0 Å². The number of fused-ring (bicyclic) bond motifs is 3. The maximum absolute atomic E-state index is 6.87. The average Bonchev–Trinajstić information content (AvgIpc) is 2.89. The highest BCUT2D eigenvalue weighted by molar-refractivity contribution is 6.30. The number of nitrogens with zero attached hydrogens (tertiary/aromatic N) is 1. The standard InChI is InChI=1S/C30H21Cl2NO/c31-23-15-10-21(11-16-23)28-27-19-14-20-6-4-5-9-26(20)29(27)34-30(22-12-17-24(32)18-13-22)33(28)25-7-2-1-3-8-25/h1-19,28,30H/t28-,30+/m0/s1. The van der Waals surface area contributed by atoms with Crippen LogP contribution in [0.4, 0.5) is 5.69 Å². The normalized spacial score (nSPS) is 17.3. The van der Waals surface area contributed by atoms with Gasteiger partial charge in [-0.2, -0.15) is 0 Å². The fraction of sp³-hybridized carbons (Fsp3) is 0.0667. The third-order valence-corrected chi connectivity index (χ3v) is 6.86. The molecule has 2 atom stereocenters. The average molecular weight is 482 g/mol. The van der Waals surface area contributed by atoms with Gasteiger partial charge in [-0.25, -0.2) is 0 Å². The van der Waals surface area contributed by atoms with E-state index in [0.717, 1.165) is 43.9 Å². The van der Waals surface area contributed by atoms with Crippen LogP contribution in [0.2, 0.25) is 10.0 Å². The first-order valence-corrected chi connectivity index (χ1v) is 12.0. The van der Waals surface area contributed by atoms with Gasteiger partial charge >= 0.3 is 0 Å². The van der Waals surface area contributed by atoms with Gasteiger partial charge in [0.2, 0.25) is 0 Å². The number of halogens is 2. The predicted molar refractivity (Wildman–Crippen MR) is 141 cm³/mol. The van der Waals surface area contributed by atoms with E-state index in [0.29, 0.717) is 5.02 Å². The highest BCUT2D eigenvalue weighted by Gasteiger charge is 2.38. The summed E-state index contributed by atoms with van der Waals surface area (Å²) in [7, 11) is 0. The number of rotatable bonds is 3. The van der Waals surface area contributed by atoms with Crippen LogP contribution >= 0.6 is 23.2 Å². The lowest BCUT2D eigenvalue weighted by atomic mass is 9.90. The molecule has 2 nitrogen and oxygen atoms in total. The van der Waals surface area contributed by atoms with Gasteiger partial charge in [0.05, 0.1) is 6.04 Å². The molecule has 4 heteroatoms. The summed E-state index contributed by atoms with van der Waals surface area (Å²) in [5.74, 6) is 0.908. The Labute approximate surface area is 208 Å². The van der Waals surface area contributed by atoms with Crippen molar-refractivity contribution in [2.45, 2.75) is 12.3 Å². The van der Waals surface area contributed by atoms with E-state index in [2.05, 4.69) is 77.7 Å². The van der Waals surface area contributed by atoms with Gasteiger partial charge in [0.1, 0.15) is 5.75 Å².